The molecule has 1 aliphatic carbocycles. The predicted octanol–water partition coefficient (Wildman–Crippen LogP) is 2.88. The fourth-order valence-electron chi connectivity index (χ4n) is 2.83. The zero-order chi connectivity index (χ0) is 13.0. The molecule has 1 fully saturated rings. The molecule has 1 saturated carbocycles. The standard InChI is InChI=1S/C15H23NOS/c1-12-6-5-9-14(10-12)18(17)11-15(16-2)13-7-3-4-8-13/h5-6,9-10,13,15-16H,3-4,7-8,11H2,1-2H3. The number of hydrogen-bond donors (Lipinski definition) is 1. The number of hydrogen-bond acceptors (Lipinski definition) is 2. The van der Waals surface area contributed by atoms with Gasteiger partial charge in [0.05, 0.1) is 10.8 Å². The van der Waals surface area contributed by atoms with E-state index in [2.05, 4.69) is 5.32 Å². The first kappa shape index (κ1) is 13.8. The van der Waals surface area contributed by atoms with Crippen molar-refractivity contribution in [2.45, 2.75) is 43.5 Å². The average molecular weight is 265 g/mol. The van der Waals surface area contributed by atoms with Crippen LogP contribution in [0.25, 0.3) is 0 Å². The maximum absolute atomic E-state index is 12.4. The van der Waals surface area contributed by atoms with Crippen LogP contribution in [0.2, 0.25) is 0 Å². The van der Waals surface area contributed by atoms with E-state index in [1.54, 1.807) is 0 Å². The Labute approximate surface area is 113 Å². The highest BCUT2D eigenvalue weighted by Gasteiger charge is 2.25. The molecule has 1 aromatic rings. The van der Waals surface area contributed by atoms with Crippen LogP contribution in [0.4, 0.5) is 0 Å². The summed E-state index contributed by atoms with van der Waals surface area (Å²) >= 11 is 0. The minimum absolute atomic E-state index is 0.397. The summed E-state index contributed by atoms with van der Waals surface area (Å²) in [4.78, 5) is 0.966. The molecule has 0 spiro atoms. The highest BCUT2D eigenvalue weighted by molar-refractivity contribution is 7.85. The summed E-state index contributed by atoms with van der Waals surface area (Å²) in [5.74, 6) is 1.45. The Morgan fingerprint density at radius 1 is 1.39 bits per heavy atom. The van der Waals surface area contributed by atoms with Gasteiger partial charge in [0.2, 0.25) is 0 Å². The van der Waals surface area contributed by atoms with E-state index in [-0.39, 0.29) is 0 Å². The van der Waals surface area contributed by atoms with Gasteiger partial charge >= 0.3 is 0 Å². The van der Waals surface area contributed by atoms with Crippen LogP contribution in [0.1, 0.15) is 31.2 Å². The van der Waals surface area contributed by atoms with E-state index in [1.807, 2.05) is 38.2 Å². The van der Waals surface area contributed by atoms with Gasteiger partial charge in [-0.2, -0.15) is 0 Å². The highest BCUT2D eigenvalue weighted by atomic mass is 32.2. The number of rotatable bonds is 5. The van der Waals surface area contributed by atoms with Gasteiger partial charge in [0.25, 0.3) is 0 Å². The van der Waals surface area contributed by atoms with E-state index in [0.717, 1.165) is 10.6 Å². The third-order valence-corrected chi connectivity index (χ3v) is 5.36. The van der Waals surface area contributed by atoms with E-state index >= 15 is 0 Å². The first-order valence-corrected chi connectivity index (χ1v) is 8.15. The summed E-state index contributed by atoms with van der Waals surface area (Å²) in [5, 5.41) is 3.37. The third-order valence-electron chi connectivity index (χ3n) is 3.92. The molecule has 0 bridgehead atoms. The molecule has 0 saturated heterocycles. The molecule has 2 unspecified atom stereocenters. The lowest BCUT2D eigenvalue weighted by Crippen LogP contribution is -2.37. The molecule has 1 N–H and O–H groups in total. The van der Waals surface area contributed by atoms with E-state index < -0.39 is 10.8 Å². The van der Waals surface area contributed by atoms with Gasteiger partial charge in [-0.3, -0.25) is 4.21 Å². The molecular weight excluding hydrogens is 242 g/mol. The molecule has 18 heavy (non-hydrogen) atoms. The van der Waals surface area contributed by atoms with Crippen LogP contribution in [-0.4, -0.2) is 23.1 Å². The molecule has 0 radical (unpaired) electrons. The summed E-state index contributed by atoms with van der Waals surface area (Å²) in [6.07, 6.45) is 5.24. The summed E-state index contributed by atoms with van der Waals surface area (Å²) in [5.41, 5.74) is 1.18. The predicted molar refractivity (Wildman–Crippen MR) is 77.3 cm³/mol. The van der Waals surface area contributed by atoms with Crippen LogP contribution in [0.15, 0.2) is 29.2 Å². The van der Waals surface area contributed by atoms with Gasteiger partial charge in [0.1, 0.15) is 0 Å². The van der Waals surface area contributed by atoms with Crippen molar-refractivity contribution >= 4 is 10.8 Å². The van der Waals surface area contributed by atoms with Crippen molar-refractivity contribution in [3.05, 3.63) is 29.8 Å². The van der Waals surface area contributed by atoms with Gasteiger partial charge in [-0.05, 0) is 50.4 Å². The van der Waals surface area contributed by atoms with Gasteiger partial charge < -0.3 is 5.32 Å². The second kappa shape index (κ2) is 6.48. The van der Waals surface area contributed by atoms with Crippen LogP contribution in [-0.2, 0) is 10.8 Å². The van der Waals surface area contributed by atoms with E-state index in [4.69, 9.17) is 0 Å². The Morgan fingerprint density at radius 2 is 2.11 bits per heavy atom. The molecule has 2 rings (SSSR count). The van der Waals surface area contributed by atoms with Gasteiger partial charge in [0.15, 0.2) is 0 Å². The lowest BCUT2D eigenvalue weighted by molar-refractivity contribution is 0.408. The second-order valence-electron chi connectivity index (χ2n) is 5.27. The molecule has 1 aromatic carbocycles. The van der Waals surface area contributed by atoms with Gasteiger partial charge in [0, 0.05) is 16.7 Å². The van der Waals surface area contributed by atoms with E-state index in [9.17, 15) is 4.21 Å². The van der Waals surface area contributed by atoms with E-state index in [0.29, 0.717) is 12.0 Å². The van der Waals surface area contributed by atoms with Crippen molar-refractivity contribution in [3.8, 4) is 0 Å². The number of aryl methyl sites for hydroxylation is 1. The van der Waals surface area contributed by atoms with Crippen LogP contribution >= 0.6 is 0 Å². The normalized spacial score (nSPS) is 19.9. The zero-order valence-electron chi connectivity index (χ0n) is 11.3. The Balaban J connectivity index is 2.00. The fourth-order valence-corrected chi connectivity index (χ4v) is 4.34. The third kappa shape index (κ3) is 3.42. The molecule has 0 amide bonds. The van der Waals surface area contributed by atoms with Gasteiger partial charge in [-0.1, -0.05) is 25.0 Å². The van der Waals surface area contributed by atoms with Gasteiger partial charge in [-0.25, -0.2) is 0 Å². The van der Waals surface area contributed by atoms with Crippen molar-refractivity contribution < 1.29 is 4.21 Å². The molecule has 0 heterocycles. The highest BCUT2D eigenvalue weighted by Crippen LogP contribution is 2.28. The topological polar surface area (TPSA) is 29.1 Å². The first-order chi connectivity index (χ1) is 8.70. The van der Waals surface area contributed by atoms with Crippen LogP contribution in [0, 0.1) is 12.8 Å². The molecule has 0 aliphatic heterocycles. The lowest BCUT2D eigenvalue weighted by Gasteiger charge is -2.22. The molecule has 2 nitrogen and oxygen atoms in total. The average Bonchev–Trinajstić information content (AvgIpc) is 2.89. The van der Waals surface area contributed by atoms with Crippen molar-refractivity contribution in [1.82, 2.24) is 5.32 Å². The first-order valence-electron chi connectivity index (χ1n) is 6.83. The SMILES string of the molecule is CNC(CS(=O)c1cccc(C)c1)C1CCCC1. The van der Waals surface area contributed by atoms with Crippen LogP contribution < -0.4 is 5.32 Å². The Bertz CT molecular complexity index is 413. The maximum Gasteiger partial charge on any atom is 0.0545 e. The molecule has 3 heteroatoms. The van der Waals surface area contributed by atoms with Crippen molar-refractivity contribution in [3.63, 3.8) is 0 Å². The van der Waals surface area contributed by atoms with Crippen LogP contribution in [0.5, 0.6) is 0 Å². The Hall–Kier alpha value is -0.670. The van der Waals surface area contributed by atoms with Gasteiger partial charge in [-0.15, -0.1) is 0 Å². The minimum Gasteiger partial charge on any atom is -0.316 e. The fraction of sp³-hybridized carbons (Fsp3) is 0.600. The van der Waals surface area contributed by atoms with Crippen molar-refractivity contribution in [1.29, 1.82) is 0 Å². The summed E-state index contributed by atoms with van der Waals surface area (Å²) in [6.45, 7) is 2.05. The quantitative estimate of drug-likeness (QED) is 0.887. The molecule has 100 valence electrons. The summed E-state index contributed by atoms with van der Waals surface area (Å²) < 4.78 is 12.4. The minimum atomic E-state index is -0.882. The van der Waals surface area contributed by atoms with Crippen LogP contribution in [0.3, 0.4) is 0 Å². The maximum atomic E-state index is 12.4. The second-order valence-corrected chi connectivity index (χ2v) is 6.76. The number of nitrogens with one attached hydrogen (secondary N) is 1. The molecule has 1 aliphatic rings. The van der Waals surface area contributed by atoms with Crippen molar-refractivity contribution in [2.24, 2.45) is 5.92 Å². The monoisotopic (exact) mass is 265 g/mol. The van der Waals surface area contributed by atoms with E-state index in [1.165, 1.54) is 31.2 Å². The van der Waals surface area contributed by atoms with Crippen molar-refractivity contribution in [2.75, 3.05) is 12.8 Å². The zero-order valence-corrected chi connectivity index (χ0v) is 12.1. The summed E-state index contributed by atoms with van der Waals surface area (Å²) in [6, 6.07) is 8.45. The number of benzene rings is 1. The molecule has 0 aromatic heterocycles. The molecular formula is C15H23NOS. The molecule has 2 atom stereocenters. The smallest absolute Gasteiger partial charge is 0.0545 e. The Morgan fingerprint density at radius 3 is 2.72 bits per heavy atom. The Kier molecular flexibility index (Phi) is 4.95. The largest absolute Gasteiger partial charge is 0.316 e. The summed E-state index contributed by atoms with van der Waals surface area (Å²) in [7, 11) is 1.11. The lowest BCUT2D eigenvalue weighted by atomic mass is 10.0.